The summed E-state index contributed by atoms with van der Waals surface area (Å²) in [6.45, 7) is 3.01. The third kappa shape index (κ3) is 5.20. The molecule has 0 amide bonds. The summed E-state index contributed by atoms with van der Waals surface area (Å²) in [6.07, 6.45) is 13.2. The lowest BCUT2D eigenvalue weighted by molar-refractivity contribution is -0.177. The Balaban J connectivity index is 2.17. The van der Waals surface area contributed by atoms with Crippen LogP contribution in [0.5, 0.6) is 0 Å². The summed E-state index contributed by atoms with van der Waals surface area (Å²) in [5.74, 6) is 2.71. The van der Waals surface area contributed by atoms with Crippen molar-refractivity contribution in [2.75, 3.05) is 6.61 Å². The van der Waals surface area contributed by atoms with Crippen molar-refractivity contribution in [3.05, 3.63) is 0 Å². The molecule has 15 heavy (non-hydrogen) atoms. The normalized spacial score (nSPS) is 23.3. The minimum Gasteiger partial charge on any atom is -0.353 e. The zero-order chi connectivity index (χ0) is 10.9. The van der Waals surface area contributed by atoms with E-state index in [2.05, 4.69) is 12.8 Å². The second-order valence-corrected chi connectivity index (χ2v) is 4.08. The lowest BCUT2D eigenvalue weighted by Crippen LogP contribution is -2.27. The van der Waals surface area contributed by atoms with E-state index in [4.69, 9.17) is 15.9 Å². The van der Waals surface area contributed by atoms with E-state index in [9.17, 15) is 0 Å². The monoisotopic (exact) mass is 210 g/mol. The van der Waals surface area contributed by atoms with Crippen molar-refractivity contribution in [1.29, 1.82) is 0 Å². The largest absolute Gasteiger partial charge is 0.353 e. The fourth-order valence-corrected chi connectivity index (χ4v) is 1.77. The number of ether oxygens (including phenoxy) is 2. The van der Waals surface area contributed by atoms with Crippen molar-refractivity contribution in [3.63, 3.8) is 0 Å². The molecule has 0 aromatic heterocycles. The van der Waals surface area contributed by atoms with Gasteiger partial charge in [0.25, 0.3) is 0 Å². The number of unbranched alkanes of at least 4 members (excludes halogenated alkanes) is 2. The van der Waals surface area contributed by atoms with Gasteiger partial charge in [0.1, 0.15) is 6.10 Å². The van der Waals surface area contributed by atoms with Crippen molar-refractivity contribution in [1.82, 2.24) is 0 Å². The second-order valence-electron chi connectivity index (χ2n) is 4.08. The number of hydrogen-bond donors (Lipinski definition) is 0. The average molecular weight is 210 g/mol. The van der Waals surface area contributed by atoms with E-state index in [1.54, 1.807) is 0 Å². The highest BCUT2D eigenvalue weighted by Gasteiger charge is 2.17. The van der Waals surface area contributed by atoms with Crippen LogP contribution in [0.2, 0.25) is 0 Å². The van der Waals surface area contributed by atoms with E-state index in [1.165, 1.54) is 19.3 Å². The van der Waals surface area contributed by atoms with Crippen LogP contribution >= 0.6 is 0 Å². The van der Waals surface area contributed by atoms with E-state index in [0.29, 0.717) is 0 Å². The predicted octanol–water partition coefficient (Wildman–Crippen LogP) is 3.11. The van der Waals surface area contributed by atoms with Crippen molar-refractivity contribution >= 4 is 0 Å². The van der Waals surface area contributed by atoms with E-state index < -0.39 is 0 Å². The van der Waals surface area contributed by atoms with Gasteiger partial charge in [0, 0.05) is 6.61 Å². The first kappa shape index (κ1) is 12.5. The molecule has 1 heterocycles. The Morgan fingerprint density at radius 3 is 2.93 bits per heavy atom. The molecule has 2 nitrogen and oxygen atoms in total. The van der Waals surface area contributed by atoms with Crippen molar-refractivity contribution < 1.29 is 9.47 Å². The van der Waals surface area contributed by atoms with Gasteiger partial charge in [-0.3, -0.25) is 0 Å². The summed E-state index contributed by atoms with van der Waals surface area (Å²) in [5.41, 5.74) is 0. The fraction of sp³-hybridized carbons (Fsp3) is 0.846. The minimum atomic E-state index is -0.0559. The molecule has 1 rings (SSSR count). The first-order chi connectivity index (χ1) is 7.36. The molecule has 0 aromatic carbocycles. The summed E-state index contributed by atoms with van der Waals surface area (Å²) >= 11 is 0. The quantitative estimate of drug-likeness (QED) is 0.495. The molecule has 0 radical (unpaired) electrons. The topological polar surface area (TPSA) is 18.5 Å². The van der Waals surface area contributed by atoms with Crippen LogP contribution in [0.25, 0.3) is 0 Å². The second kappa shape index (κ2) is 7.73. The smallest absolute Gasteiger partial charge is 0.159 e. The highest BCUT2D eigenvalue weighted by Crippen LogP contribution is 2.17. The molecule has 0 bridgehead atoms. The molecule has 0 aliphatic carbocycles. The van der Waals surface area contributed by atoms with E-state index >= 15 is 0 Å². The van der Waals surface area contributed by atoms with Crippen molar-refractivity contribution in [3.8, 4) is 12.3 Å². The summed E-state index contributed by atoms with van der Waals surface area (Å²) in [7, 11) is 0. The van der Waals surface area contributed by atoms with Crippen LogP contribution in [0.1, 0.15) is 51.9 Å². The highest BCUT2D eigenvalue weighted by molar-refractivity contribution is 4.94. The van der Waals surface area contributed by atoms with Gasteiger partial charge in [-0.15, -0.1) is 6.42 Å². The van der Waals surface area contributed by atoms with Crippen LogP contribution in [0.3, 0.4) is 0 Å². The van der Waals surface area contributed by atoms with E-state index in [1.807, 2.05) is 0 Å². The molecule has 0 spiro atoms. The fourth-order valence-electron chi connectivity index (χ4n) is 1.77. The molecule has 1 saturated heterocycles. The lowest BCUT2D eigenvalue weighted by atomic mass is 10.1. The Morgan fingerprint density at radius 2 is 2.33 bits per heavy atom. The van der Waals surface area contributed by atoms with Crippen LogP contribution in [-0.2, 0) is 9.47 Å². The molecule has 86 valence electrons. The summed E-state index contributed by atoms with van der Waals surface area (Å²) in [6, 6.07) is 0. The molecule has 0 saturated carbocycles. The van der Waals surface area contributed by atoms with Crippen molar-refractivity contribution in [2.45, 2.75) is 64.3 Å². The third-order valence-electron chi connectivity index (χ3n) is 2.71. The number of terminal acetylenes is 1. The van der Waals surface area contributed by atoms with Crippen LogP contribution < -0.4 is 0 Å². The number of hydrogen-bond acceptors (Lipinski definition) is 2. The van der Waals surface area contributed by atoms with E-state index in [-0.39, 0.29) is 12.4 Å². The maximum atomic E-state index is 5.73. The average Bonchev–Trinajstić information content (AvgIpc) is 2.29. The Hall–Kier alpha value is -0.520. The van der Waals surface area contributed by atoms with Gasteiger partial charge in [0.2, 0.25) is 0 Å². The van der Waals surface area contributed by atoms with Gasteiger partial charge in [-0.25, -0.2) is 0 Å². The maximum Gasteiger partial charge on any atom is 0.159 e. The zero-order valence-electron chi connectivity index (χ0n) is 9.71. The molecule has 0 N–H and O–H groups in total. The predicted molar refractivity (Wildman–Crippen MR) is 61.4 cm³/mol. The van der Waals surface area contributed by atoms with Gasteiger partial charge in [-0.2, -0.15) is 0 Å². The zero-order valence-corrected chi connectivity index (χ0v) is 9.71. The molecule has 1 aliphatic rings. The third-order valence-corrected chi connectivity index (χ3v) is 2.71. The molecule has 1 aliphatic heterocycles. The Morgan fingerprint density at radius 1 is 1.47 bits per heavy atom. The summed E-state index contributed by atoms with van der Waals surface area (Å²) < 4.78 is 11.2. The summed E-state index contributed by atoms with van der Waals surface area (Å²) in [5, 5.41) is 0. The number of rotatable bonds is 6. The molecule has 0 unspecified atom stereocenters. The van der Waals surface area contributed by atoms with Gasteiger partial charge in [0.05, 0.1) is 0 Å². The molecule has 0 aromatic rings. The Labute approximate surface area is 93.3 Å². The van der Waals surface area contributed by atoms with Crippen LogP contribution in [0, 0.1) is 12.3 Å². The van der Waals surface area contributed by atoms with Gasteiger partial charge in [0.15, 0.2) is 6.29 Å². The molecule has 2 heteroatoms. The lowest BCUT2D eigenvalue weighted by Gasteiger charge is -2.25. The van der Waals surface area contributed by atoms with Crippen LogP contribution in [-0.4, -0.2) is 19.0 Å². The SMILES string of the molecule is C#C[C@H](CCCCC)O[C@H]1CCCCO1. The molecular weight excluding hydrogens is 188 g/mol. The Kier molecular flexibility index (Phi) is 6.47. The van der Waals surface area contributed by atoms with Gasteiger partial charge in [-0.1, -0.05) is 25.7 Å². The van der Waals surface area contributed by atoms with Gasteiger partial charge in [-0.05, 0) is 32.1 Å². The Bertz CT molecular complexity index is 189. The first-order valence-electron chi connectivity index (χ1n) is 6.10. The van der Waals surface area contributed by atoms with Crippen LogP contribution in [0.4, 0.5) is 0 Å². The molecule has 2 atom stereocenters. The molecule has 1 fully saturated rings. The van der Waals surface area contributed by atoms with Crippen molar-refractivity contribution in [2.24, 2.45) is 0 Å². The first-order valence-corrected chi connectivity index (χ1v) is 6.10. The van der Waals surface area contributed by atoms with Gasteiger partial charge >= 0.3 is 0 Å². The summed E-state index contributed by atoms with van der Waals surface area (Å²) in [4.78, 5) is 0. The van der Waals surface area contributed by atoms with Gasteiger partial charge < -0.3 is 9.47 Å². The molecular formula is C13H22O2. The minimum absolute atomic E-state index is 0.0542. The standard InChI is InChI=1S/C13H22O2/c1-3-5-6-9-12(4-2)15-13-10-7-8-11-14-13/h2,12-13H,3,5-11H2,1H3/t12-,13+/m1/s1. The van der Waals surface area contributed by atoms with Crippen LogP contribution in [0.15, 0.2) is 0 Å². The maximum absolute atomic E-state index is 5.73. The highest BCUT2D eigenvalue weighted by atomic mass is 16.7. The van der Waals surface area contributed by atoms with E-state index in [0.717, 1.165) is 32.3 Å².